The van der Waals surface area contributed by atoms with Gasteiger partial charge in [-0.15, -0.1) is 0 Å². The van der Waals surface area contributed by atoms with Crippen LogP contribution < -0.4 is 4.90 Å². The predicted molar refractivity (Wildman–Crippen MR) is 118 cm³/mol. The van der Waals surface area contributed by atoms with E-state index in [2.05, 4.69) is 0 Å². The van der Waals surface area contributed by atoms with Crippen LogP contribution in [0.25, 0.3) is 17.4 Å². The number of benzene rings is 2. The molecule has 29 heavy (non-hydrogen) atoms. The van der Waals surface area contributed by atoms with Gasteiger partial charge in [0.05, 0.1) is 16.2 Å². The van der Waals surface area contributed by atoms with Crippen molar-refractivity contribution in [3.05, 3.63) is 82.5 Å². The highest BCUT2D eigenvalue weighted by Gasteiger charge is 2.33. The molecule has 2 heterocycles. The van der Waals surface area contributed by atoms with Crippen LogP contribution in [0.5, 0.6) is 0 Å². The minimum Gasteiger partial charge on any atom is -0.478 e. The first-order chi connectivity index (χ1) is 13.9. The molecule has 5 nitrogen and oxygen atoms in total. The summed E-state index contributed by atoms with van der Waals surface area (Å²) in [6, 6.07) is 17.6. The van der Waals surface area contributed by atoms with Crippen LogP contribution in [0.3, 0.4) is 0 Å². The van der Waals surface area contributed by atoms with Gasteiger partial charge < -0.3 is 9.52 Å². The molecule has 0 unspecified atom stereocenters. The fourth-order valence-electron chi connectivity index (χ4n) is 2.90. The van der Waals surface area contributed by atoms with Crippen LogP contribution in [0.4, 0.5) is 5.69 Å². The Balaban J connectivity index is 1.60. The second-order valence-electron chi connectivity index (χ2n) is 6.44. The first-order valence-corrected chi connectivity index (χ1v) is 9.93. The first kappa shape index (κ1) is 19.2. The predicted octanol–water partition coefficient (Wildman–Crippen LogP) is 5.36. The molecule has 144 valence electrons. The number of hydrogen-bond donors (Lipinski definition) is 1. The van der Waals surface area contributed by atoms with Crippen molar-refractivity contribution in [2.75, 3.05) is 4.90 Å². The number of thiocarbonyl (C=S) groups is 1. The summed E-state index contributed by atoms with van der Waals surface area (Å²) in [5.41, 5.74) is 2.66. The highest BCUT2D eigenvalue weighted by Crippen LogP contribution is 2.36. The van der Waals surface area contributed by atoms with Crippen molar-refractivity contribution in [2.45, 2.75) is 6.92 Å². The van der Waals surface area contributed by atoms with Gasteiger partial charge in [0.25, 0.3) is 5.91 Å². The molecule has 0 saturated carbocycles. The standard InChI is InChI=1S/C22H15NO4S2/c1-13-5-7-16(8-6-13)23-20(24)19(29-22(23)28)12-17-9-10-18(27-17)14-3-2-4-15(11-14)21(25)26/h2-12H,1H3,(H,25,26). The van der Waals surface area contributed by atoms with Crippen molar-refractivity contribution >= 4 is 51.9 Å². The summed E-state index contributed by atoms with van der Waals surface area (Å²) in [6.45, 7) is 1.98. The number of rotatable bonds is 4. The lowest BCUT2D eigenvalue weighted by Gasteiger charge is -2.14. The highest BCUT2D eigenvalue weighted by atomic mass is 32.2. The van der Waals surface area contributed by atoms with Gasteiger partial charge in [-0.25, -0.2) is 4.79 Å². The lowest BCUT2D eigenvalue weighted by molar-refractivity contribution is -0.113. The van der Waals surface area contributed by atoms with Gasteiger partial charge >= 0.3 is 5.97 Å². The molecule has 1 saturated heterocycles. The number of carbonyl (C=O) groups excluding carboxylic acids is 1. The maximum Gasteiger partial charge on any atom is 0.335 e. The zero-order valence-corrected chi connectivity index (χ0v) is 16.9. The minimum absolute atomic E-state index is 0.180. The molecule has 4 rings (SSSR count). The molecular formula is C22H15NO4S2. The van der Waals surface area contributed by atoms with Gasteiger partial charge in [-0.3, -0.25) is 9.69 Å². The third-order valence-corrected chi connectivity index (χ3v) is 5.68. The topological polar surface area (TPSA) is 70.8 Å². The van der Waals surface area contributed by atoms with E-state index in [9.17, 15) is 9.59 Å². The van der Waals surface area contributed by atoms with Gasteiger partial charge in [0.2, 0.25) is 0 Å². The Morgan fingerprint density at radius 2 is 1.90 bits per heavy atom. The number of anilines is 1. The van der Waals surface area contributed by atoms with E-state index >= 15 is 0 Å². The maximum atomic E-state index is 12.8. The number of hydrogen-bond acceptors (Lipinski definition) is 5. The molecule has 0 aliphatic carbocycles. The number of thioether (sulfide) groups is 1. The second-order valence-corrected chi connectivity index (χ2v) is 8.12. The fourth-order valence-corrected chi connectivity index (χ4v) is 4.18. The van der Waals surface area contributed by atoms with E-state index in [0.29, 0.717) is 26.3 Å². The molecule has 0 spiro atoms. The molecule has 7 heteroatoms. The normalized spacial score (nSPS) is 15.3. The van der Waals surface area contributed by atoms with E-state index in [4.69, 9.17) is 21.7 Å². The molecule has 1 amide bonds. The number of aryl methyl sites for hydroxylation is 1. The van der Waals surface area contributed by atoms with Gasteiger partial charge in [-0.05, 0) is 43.3 Å². The molecule has 1 aromatic heterocycles. The highest BCUT2D eigenvalue weighted by molar-refractivity contribution is 8.27. The Kier molecular flexibility index (Phi) is 5.08. The van der Waals surface area contributed by atoms with Crippen molar-refractivity contribution in [1.29, 1.82) is 0 Å². The SMILES string of the molecule is Cc1ccc(N2C(=O)C(=Cc3ccc(-c4cccc(C(=O)O)c4)o3)SC2=S)cc1. The van der Waals surface area contributed by atoms with Crippen molar-refractivity contribution in [3.63, 3.8) is 0 Å². The average Bonchev–Trinajstić information content (AvgIpc) is 3.28. The summed E-state index contributed by atoms with van der Waals surface area (Å²) in [5.74, 6) is -0.188. The van der Waals surface area contributed by atoms with Crippen molar-refractivity contribution in [3.8, 4) is 11.3 Å². The van der Waals surface area contributed by atoms with Crippen LogP contribution in [0.15, 0.2) is 70.0 Å². The quantitative estimate of drug-likeness (QED) is 0.452. The Morgan fingerprint density at radius 1 is 1.14 bits per heavy atom. The van der Waals surface area contributed by atoms with Crippen LogP contribution in [0.2, 0.25) is 0 Å². The largest absolute Gasteiger partial charge is 0.478 e. The Labute approximate surface area is 176 Å². The smallest absolute Gasteiger partial charge is 0.335 e. The number of carbonyl (C=O) groups is 2. The average molecular weight is 421 g/mol. The summed E-state index contributed by atoms with van der Waals surface area (Å²) in [6.07, 6.45) is 1.65. The zero-order valence-electron chi connectivity index (χ0n) is 15.3. The molecule has 0 bridgehead atoms. The van der Waals surface area contributed by atoms with E-state index < -0.39 is 5.97 Å². The van der Waals surface area contributed by atoms with E-state index in [1.54, 1.807) is 36.4 Å². The van der Waals surface area contributed by atoms with Crippen LogP contribution in [0, 0.1) is 6.92 Å². The van der Waals surface area contributed by atoms with Crippen molar-refractivity contribution < 1.29 is 19.1 Å². The van der Waals surface area contributed by atoms with E-state index in [1.807, 2.05) is 31.2 Å². The molecule has 1 N–H and O–H groups in total. The fraction of sp³-hybridized carbons (Fsp3) is 0.0455. The van der Waals surface area contributed by atoms with Gasteiger partial charge in [0, 0.05) is 11.6 Å². The molecular weight excluding hydrogens is 406 g/mol. The van der Waals surface area contributed by atoms with Gasteiger partial charge in [-0.2, -0.15) is 0 Å². The molecule has 1 fully saturated rings. The van der Waals surface area contributed by atoms with Gasteiger partial charge in [-0.1, -0.05) is 53.8 Å². The van der Waals surface area contributed by atoms with E-state index in [-0.39, 0.29) is 11.5 Å². The molecule has 1 aliphatic rings. The lowest BCUT2D eigenvalue weighted by Crippen LogP contribution is -2.27. The van der Waals surface area contributed by atoms with Crippen LogP contribution in [-0.4, -0.2) is 21.3 Å². The zero-order chi connectivity index (χ0) is 20.5. The molecule has 0 radical (unpaired) electrons. The van der Waals surface area contributed by atoms with Crippen molar-refractivity contribution in [1.82, 2.24) is 0 Å². The van der Waals surface area contributed by atoms with Crippen molar-refractivity contribution in [2.24, 2.45) is 0 Å². The minimum atomic E-state index is -1.00. The maximum absolute atomic E-state index is 12.8. The third-order valence-electron chi connectivity index (χ3n) is 4.38. The number of aromatic carboxylic acids is 1. The third kappa shape index (κ3) is 3.87. The van der Waals surface area contributed by atoms with Crippen LogP contribution >= 0.6 is 24.0 Å². The van der Waals surface area contributed by atoms with Gasteiger partial charge in [0.1, 0.15) is 11.5 Å². The monoisotopic (exact) mass is 421 g/mol. The van der Waals surface area contributed by atoms with Crippen LogP contribution in [0.1, 0.15) is 21.7 Å². The van der Waals surface area contributed by atoms with E-state index in [0.717, 1.165) is 11.3 Å². The van der Waals surface area contributed by atoms with Gasteiger partial charge in [0.15, 0.2) is 4.32 Å². The number of carboxylic acids is 1. The number of amides is 1. The van der Waals surface area contributed by atoms with E-state index in [1.165, 1.54) is 22.7 Å². The molecule has 3 aromatic rings. The molecule has 1 aliphatic heterocycles. The number of nitrogens with zero attached hydrogens (tertiary/aromatic N) is 1. The number of carboxylic acid groups (broad SMARTS) is 1. The summed E-state index contributed by atoms with van der Waals surface area (Å²) in [7, 11) is 0. The molecule has 2 aromatic carbocycles. The number of furan rings is 1. The summed E-state index contributed by atoms with van der Waals surface area (Å²) in [5, 5.41) is 9.14. The Bertz CT molecular complexity index is 1160. The molecule has 0 atom stereocenters. The Hall–Kier alpha value is -3.16. The lowest BCUT2D eigenvalue weighted by atomic mass is 10.1. The van der Waals surface area contributed by atoms with Crippen LogP contribution in [-0.2, 0) is 4.79 Å². The second kappa shape index (κ2) is 7.69. The summed E-state index contributed by atoms with van der Waals surface area (Å²) >= 11 is 6.61. The summed E-state index contributed by atoms with van der Waals surface area (Å²) in [4.78, 5) is 26.0. The first-order valence-electron chi connectivity index (χ1n) is 8.70. The Morgan fingerprint density at radius 3 is 2.62 bits per heavy atom. The summed E-state index contributed by atoms with van der Waals surface area (Å²) < 4.78 is 6.27.